The number of benzene rings is 1. The minimum absolute atomic E-state index is 0.138. The van der Waals surface area contributed by atoms with E-state index in [0.29, 0.717) is 11.3 Å². The van der Waals surface area contributed by atoms with Crippen molar-refractivity contribution in [2.75, 3.05) is 18.4 Å². The van der Waals surface area contributed by atoms with Crippen LogP contribution >= 0.6 is 0 Å². The zero-order chi connectivity index (χ0) is 16.2. The molecule has 0 unspecified atom stereocenters. The summed E-state index contributed by atoms with van der Waals surface area (Å²) in [4.78, 5) is 18.5. The number of aromatic nitrogens is 1. The topological polar surface area (TPSA) is 65.5 Å². The van der Waals surface area contributed by atoms with Crippen LogP contribution in [0, 0.1) is 6.92 Å². The number of carbonyl (C=O) groups is 1. The molecule has 0 aliphatic carbocycles. The van der Waals surface area contributed by atoms with E-state index in [1.807, 2.05) is 37.3 Å². The maximum atomic E-state index is 12.2. The molecule has 3 rings (SSSR count). The Bertz CT molecular complexity index is 685. The highest BCUT2D eigenvalue weighted by molar-refractivity contribution is 6.04. The fourth-order valence-corrected chi connectivity index (χ4v) is 2.80. The van der Waals surface area contributed by atoms with Crippen LogP contribution in [0.1, 0.15) is 27.9 Å². The van der Waals surface area contributed by atoms with Crippen LogP contribution < -0.4 is 5.32 Å². The third kappa shape index (κ3) is 4.15. The highest BCUT2D eigenvalue weighted by Crippen LogP contribution is 2.15. The van der Waals surface area contributed by atoms with E-state index in [-0.39, 0.29) is 12.0 Å². The molecule has 0 bridgehead atoms. The largest absolute Gasteiger partial charge is 0.392 e. The first-order valence-corrected chi connectivity index (χ1v) is 7.82. The summed E-state index contributed by atoms with van der Waals surface area (Å²) in [7, 11) is 0. The lowest BCUT2D eigenvalue weighted by atomic mass is 10.1. The van der Waals surface area contributed by atoms with Gasteiger partial charge in [-0.3, -0.25) is 14.7 Å². The Labute approximate surface area is 136 Å². The van der Waals surface area contributed by atoms with Crippen LogP contribution in [-0.2, 0) is 6.54 Å². The van der Waals surface area contributed by atoms with Crippen molar-refractivity contribution in [2.24, 2.45) is 0 Å². The number of aryl methyl sites for hydroxylation is 1. The quantitative estimate of drug-likeness (QED) is 0.908. The highest BCUT2D eigenvalue weighted by atomic mass is 16.3. The first kappa shape index (κ1) is 15.6. The van der Waals surface area contributed by atoms with Gasteiger partial charge in [-0.25, -0.2) is 0 Å². The number of carbonyl (C=O) groups excluding carboxylic acids is 1. The molecule has 2 N–H and O–H groups in total. The van der Waals surface area contributed by atoms with Crippen LogP contribution in [0.15, 0.2) is 42.7 Å². The number of aliphatic hydroxyl groups is 1. The molecule has 1 saturated heterocycles. The molecule has 120 valence electrons. The third-order valence-electron chi connectivity index (χ3n) is 4.00. The molecule has 1 aliphatic rings. The average molecular weight is 311 g/mol. The standard InChI is InChI=1S/C18H21N3O2/c1-13-8-16(10-19-9-13)20-18(23)15-4-2-14(3-5-15)11-21-7-6-17(22)12-21/h2-5,8-10,17,22H,6-7,11-12H2,1H3,(H,20,23)/t17-/m0/s1. The van der Waals surface area contributed by atoms with Crippen LogP contribution in [0.2, 0.25) is 0 Å². The van der Waals surface area contributed by atoms with Gasteiger partial charge in [-0.1, -0.05) is 12.1 Å². The smallest absolute Gasteiger partial charge is 0.255 e. The van der Waals surface area contributed by atoms with E-state index in [1.54, 1.807) is 12.4 Å². The average Bonchev–Trinajstić information content (AvgIpc) is 2.93. The maximum absolute atomic E-state index is 12.2. The zero-order valence-electron chi connectivity index (χ0n) is 13.2. The lowest BCUT2D eigenvalue weighted by molar-refractivity contribution is 0.102. The summed E-state index contributed by atoms with van der Waals surface area (Å²) in [5, 5.41) is 12.4. The van der Waals surface area contributed by atoms with Gasteiger partial charge >= 0.3 is 0 Å². The molecule has 2 heterocycles. The molecule has 1 fully saturated rings. The summed E-state index contributed by atoms with van der Waals surface area (Å²) in [5.41, 5.74) is 3.47. The van der Waals surface area contributed by atoms with Gasteiger partial charge in [0.25, 0.3) is 5.91 Å². The summed E-state index contributed by atoms with van der Waals surface area (Å²) in [6, 6.07) is 9.49. The molecule has 1 aliphatic heterocycles. The van der Waals surface area contributed by atoms with E-state index in [1.165, 1.54) is 0 Å². The van der Waals surface area contributed by atoms with E-state index in [0.717, 1.165) is 37.2 Å². The second-order valence-electron chi connectivity index (χ2n) is 6.08. The molecular weight excluding hydrogens is 290 g/mol. The van der Waals surface area contributed by atoms with Crippen molar-refractivity contribution in [3.05, 3.63) is 59.4 Å². The van der Waals surface area contributed by atoms with Crippen molar-refractivity contribution in [2.45, 2.75) is 26.0 Å². The van der Waals surface area contributed by atoms with Gasteiger partial charge in [0.2, 0.25) is 0 Å². The van der Waals surface area contributed by atoms with E-state index in [2.05, 4.69) is 15.2 Å². The summed E-state index contributed by atoms with van der Waals surface area (Å²) < 4.78 is 0. The lowest BCUT2D eigenvalue weighted by Gasteiger charge is -2.15. The molecule has 5 heteroatoms. The van der Waals surface area contributed by atoms with Gasteiger partial charge in [0.15, 0.2) is 0 Å². The van der Waals surface area contributed by atoms with Gasteiger partial charge in [0.05, 0.1) is 18.0 Å². The van der Waals surface area contributed by atoms with E-state index in [4.69, 9.17) is 0 Å². The summed E-state index contributed by atoms with van der Waals surface area (Å²) in [6.07, 6.45) is 4.02. The number of β-amino-alcohol motifs (C(OH)–C–C–N with tert-alkyl or cyclic N) is 1. The predicted octanol–water partition coefficient (Wildman–Crippen LogP) is 2.21. The number of likely N-dealkylation sites (tertiary alicyclic amines) is 1. The Balaban J connectivity index is 1.61. The monoisotopic (exact) mass is 311 g/mol. The summed E-state index contributed by atoms with van der Waals surface area (Å²) in [6.45, 7) is 4.39. The number of anilines is 1. The number of hydrogen-bond acceptors (Lipinski definition) is 4. The fourth-order valence-electron chi connectivity index (χ4n) is 2.80. The number of rotatable bonds is 4. The number of nitrogens with one attached hydrogen (secondary N) is 1. The Hall–Kier alpha value is -2.24. The molecule has 0 spiro atoms. The van der Waals surface area contributed by atoms with Crippen LogP contribution in [0.5, 0.6) is 0 Å². The molecule has 0 saturated carbocycles. The highest BCUT2D eigenvalue weighted by Gasteiger charge is 2.19. The molecule has 1 aromatic heterocycles. The molecule has 5 nitrogen and oxygen atoms in total. The fraction of sp³-hybridized carbons (Fsp3) is 0.333. The number of nitrogens with zero attached hydrogens (tertiary/aromatic N) is 2. The van der Waals surface area contributed by atoms with Gasteiger partial charge in [0.1, 0.15) is 0 Å². The van der Waals surface area contributed by atoms with Crippen molar-refractivity contribution in [3.63, 3.8) is 0 Å². The number of pyridine rings is 1. The maximum Gasteiger partial charge on any atom is 0.255 e. The molecule has 1 atom stereocenters. The van der Waals surface area contributed by atoms with Crippen molar-refractivity contribution in [3.8, 4) is 0 Å². The molecule has 23 heavy (non-hydrogen) atoms. The van der Waals surface area contributed by atoms with Crippen molar-refractivity contribution in [1.82, 2.24) is 9.88 Å². The number of aliphatic hydroxyl groups excluding tert-OH is 1. The van der Waals surface area contributed by atoms with Gasteiger partial charge in [0, 0.05) is 31.4 Å². The number of hydrogen-bond donors (Lipinski definition) is 2. The van der Waals surface area contributed by atoms with E-state index < -0.39 is 0 Å². The Morgan fingerprint density at radius 2 is 2.13 bits per heavy atom. The second kappa shape index (κ2) is 6.89. The molecule has 0 radical (unpaired) electrons. The summed E-state index contributed by atoms with van der Waals surface area (Å²) in [5.74, 6) is -0.138. The van der Waals surface area contributed by atoms with Crippen molar-refractivity contribution in [1.29, 1.82) is 0 Å². The Kier molecular flexibility index (Phi) is 4.69. The number of amides is 1. The van der Waals surface area contributed by atoms with Crippen LogP contribution in [0.3, 0.4) is 0 Å². The minimum atomic E-state index is -0.206. The lowest BCUT2D eigenvalue weighted by Crippen LogP contribution is -2.21. The Morgan fingerprint density at radius 3 is 2.78 bits per heavy atom. The SMILES string of the molecule is Cc1cncc(NC(=O)c2ccc(CN3CC[C@H](O)C3)cc2)c1. The molecule has 2 aromatic rings. The molecule has 1 aromatic carbocycles. The first-order valence-electron chi connectivity index (χ1n) is 7.82. The first-order chi connectivity index (χ1) is 11.1. The molecule has 1 amide bonds. The molecular formula is C18H21N3O2. The third-order valence-corrected chi connectivity index (χ3v) is 4.00. The van der Waals surface area contributed by atoms with E-state index in [9.17, 15) is 9.90 Å². The zero-order valence-corrected chi connectivity index (χ0v) is 13.2. The normalized spacial score (nSPS) is 18.1. The predicted molar refractivity (Wildman–Crippen MR) is 89.3 cm³/mol. The Morgan fingerprint density at radius 1 is 1.35 bits per heavy atom. The van der Waals surface area contributed by atoms with Crippen molar-refractivity contribution < 1.29 is 9.90 Å². The van der Waals surface area contributed by atoms with Gasteiger partial charge in [-0.15, -0.1) is 0 Å². The van der Waals surface area contributed by atoms with Crippen LogP contribution in [-0.4, -0.2) is 40.1 Å². The van der Waals surface area contributed by atoms with Crippen LogP contribution in [0.4, 0.5) is 5.69 Å². The van der Waals surface area contributed by atoms with Crippen LogP contribution in [0.25, 0.3) is 0 Å². The van der Waals surface area contributed by atoms with Gasteiger partial charge in [-0.2, -0.15) is 0 Å². The van der Waals surface area contributed by atoms with Gasteiger partial charge in [-0.05, 0) is 42.7 Å². The summed E-state index contributed by atoms with van der Waals surface area (Å²) >= 11 is 0. The minimum Gasteiger partial charge on any atom is -0.392 e. The second-order valence-corrected chi connectivity index (χ2v) is 6.08. The van der Waals surface area contributed by atoms with E-state index >= 15 is 0 Å². The van der Waals surface area contributed by atoms with Gasteiger partial charge < -0.3 is 10.4 Å². The van der Waals surface area contributed by atoms with Crippen molar-refractivity contribution >= 4 is 11.6 Å².